The average molecular weight is 388 g/mol. The molecule has 7 nitrogen and oxygen atoms in total. The Balaban J connectivity index is 1.35. The van der Waals surface area contributed by atoms with Gasteiger partial charge in [-0.1, -0.05) is 0 Å². The summed E-state index contributed by atoms with van der Waals surface area (Å²) in [7, 11) is 0. The van der Waals surface area contributed by atoms with Crippen molar-refractivity contribution in [2.45, 2.75) is 69.6 Å². The summed E-state index contributed by atoms with van der Waals surface area (Å²) in [5.74, 6) is 1.12. The van der Waals surface area contributed by atoms with E-state index < -0.39 is 5.60 Å². The largest absolute Gasteiger partial charge is 0.387 e. The highest BCUT2D eigenvalue weighted by Gasteiger charge is 2.39. The van der Waals surface area contributed by atoms with E-state index in [4.69, 9.17) is 0 Å². The number of carbonyl (C=O) groups excluding carboxylic acids is 1. The van der Waals surface area contributed by atoms with Crippen LogP contribution in [0.2, 0.25) is 0 Å². The van der Waals surface area contributed by atoms with E-state index in [1.807, 2.05) is 17.2 Å². The van der Waals surface area contributed by atoms with Gasteiger partial charge in [0, 0.05) is 51.4 Å². The third-order valence-electron chi connectivity index (χ3n) is 6.49. The molecule has 3 heterocycles. The van der Waals surface area contributed by atoms with E-state index in [9.17, 15) is 9.90 Å². The van der Waals surface area contributed by atoms with Gasteiger partial charge < -0.3 is 19.8 Å². The first kappa shape index (κ1) is 19.6. The molecule has 0 bridgehead atoms. The molecule has 4 rings (SSSR count). The van der Waals surface area contributed by atoms with Crippen molar-refractivity contribution in [1.29, 1.82) is 0 Å². The maximum atomic E-state index is 11.8. The number of nitrogens with zero attached hydrogens (tertiary/aromatic N) is 5. The summed E-state index contributed by atoms with van der Waals surface area (Å²) in [4.78, 5) is 27.1. The lowest BCUT2D eigenvalue weighted by molar-refractivity contribution is -0.132. The van der Waals surface area contributed by atoms with Crippen molar-refractivity contribution < 1.29 is 9.90 Å². The Morgan fingerprint density at radius 2 is 1.96 bits per heavy atom. The van der Waals surface area contributed by atoms with Gasteiger partial charge in [0.05, 0.1) is 12.1 Å². The molecule has 3 fully saturated rings. The highest BCUT2D eigenvalue weighted by atomic mass is 16.3. The van der Waals surface area contributed by atoms with E-state index in [-0.39, 0.29) is 5.91 Å². The summed E-state index contributed by atoms with van der Waals surface area (Å²) in [6.45, 7) is 5.49. The fourth-order valence-corrected chi connectivity index (χ4v) is 4.90. The summed E-state index contributed by atoms with van der Waals surface area (Å²) in [5.41, 5.74) is -0.780. The standard InChI is InChI=1S/C21H33N5O2/c1-17(27)25-11-3-2-9-21(28,15-25)14-24-12-7-19(8-13-24)26(18-4-5-18)20-6-10-22-16-23-20/h6,10,16,18-19,28H,2-5,7-9,11-15H2,1H3. The number of aliphatic hydroxyl groups is 1. The highest BCUT2D eigenvalue weighted by Crippen LogP contribution is 2.35. The quantitative estimate of drug-likeness (QED) is 0.829. The lowest BCUT2D eigenvalue weighted by Crippen LogP contribution is -2.54. The summed E-state index contributed by atoms with van der Waals surface area (Å²) in [6.07, 6.45) is 10.9. The van der Waals surface area contributed by atoms with Gasteiger partial charge in [-0.05, 0) is 51.0 Å². The zero-order chi connectivity index (χ0) is 19.6. The van der Waals surface area contributed by atoms with Crippen LogP contribution in [0, 0.1) is 0 Å². The Morgan fingerprint density at radius 3 is 2.61 bits per heavy atom. The smallest absolute Gasteiger partial charge is 0.219 e. The Labute approximate surface area is 167 Å². The Morgan fingerprint density at radius 1 is 1.21 bits per heavy atom. The van der Waals surface area contributed by atoms with E-state index in [1.165, 1.54) is 12.8 Å². The van der Waals surface area contributed by atoms with Crippen LogP contribution in [0.25, 0.3) is 0 Å². The summed E-state index contributed by atoms with van der Waals surface area (Å²) in [5, 5.41) is 11.2. The number of hydrogen-bond donors (Lipinski definition) is 1. The fourth-order valence-electron chi connectivity index (χ4n) is 4.90. The van der Waals surface area contributed by atoms with Crippen LogP contribution in [0.5, 0.6) is 0 Å². The molecule has 2 aliphatic heterocycles. The number of hydrogen-bond acceptors (Lipinski definition) is 6. The molecule has 0 spiro atoms. The van der Waals surface area contributed by atoms with Crippen LogP contribution < -0.4 is 4.90 Å². The van der Waals surface area contributed by atoms with Gasteiger partial charge in [-0.25, -0.2) is 9.97 Å². The number of aromatic nitrogens is 2. The average Bonchev–Trinajstić information content (AvgIpc) is 3.52. The number of piperidine rings is 1. The summed E-state index contributed by atoms with van der Waals surface area (Å²) >= 11 is 0. The molecule has 1 atom stereocenters. The summed E-state index contributed by atoms with van der Waals surface area (Å²) in [6, 6.07) is 3.16. The number of carbonyl (C=O) groups is 1. The van der Waals surface area contributed by atoms with Gasteiger partial charge in [0.2, 0.25) is 5.91 Å². The molecule has 28 heavy (non-hydrogen) atoms. The molecule has 154 valence electrons. The lowest BCUT2D eigenvalue weighted by Gasteiger charge is -2.42. The molecule has 0 radical (unpaired) electrons. The summed E-state index contributed by atoms with van der Waals surface area (Å²) < 4.78 is 0. The normalized spacial score (nSPS) is 27.4. The van der Waals surface area contributed by atoms with Crippen LogP contribution >= 0.6 is 0 Å². The van der Waals surface area contributed by atoms with Crippen molar-refractivity contribution in [3.8, 4) is 0 Å². The van der Waals surface area contributed by atoms with Crippen molar-refractivity contribution in [2.75, 3.05) is 37.6 Å². The molecular weight excluding hydrogens is 354 g/mol. The number of rotatable bonds is 5. The monoisotopic (exact) mass is 387 g/mol. The van der Waals surface area contributed by atoms with Crippen LogP contribution in [0.15, 0.2) is 18.6 Å². The van der Waals surface area contributed by atoms with Crippen molar-refractivity contribution in [3.63, 3.8) is 0 Å². The zero-order valence-electron chi connectivity index (χ0n) is 17.0. The van der Waals surface area contributed by atoms with Gasteiger partial charge in [-0.2, -0.15) is 0 Å². The lowest BCUT2D eigenvalue weighted by atomic mass is 9.94. The van der Waals surface area contributed by atoms with Gasteiger partial charge >= 0.3 is 0 Å². The molecule has 1 aromatic heterocycles. The van der Waals surface area contributed by atoms with Gasteiger partial charge in [0.1, 0.15) is 12.1 Å². The number of anilines is 1. The van der Waals surface area contributed by atoms with Gasteiger partial charge in [-0.3, -0.25) is 4.79 Å². The second kappa shape index (κ2) is 8.33. The molecule has 1 aliphatic carbocycles. The molecule has 1 aromatic rings. The number of likely N-dealkylation sites (tertiary alicyclic amines) is 2. The zero-order valence-corrected chi connectivity index (χ0v) is 17.0. The maximum absolute atomic E-state index is 11.8. The molecule has 1 saturated carbocycles. The molecule has 2 saturated heterocycles. The second-order valence-corrected chi connectivity index (χ2v) is 8.84. The minimum Gasteiger partial charge on any atom is -0.387 e. The van der Waals surface area contributed by atoms with Crippen molar-refractivity contribution in [2.24, 2.45) is 0 Å². The number of β-amino-alcohol motifs (C(OH)–C–C–N with tert-alkyl or cyclic N) is 1. The van der Waals surface area contributed by atoms with E-state index in [2.05, 4.69) is 19.8 Å². The SMILES string of the molecule is CC(=O)N1CCCCC(O)(CN2CCC(N(c3ccncn3)C3CC3)CC2)C1. The Kier molecular flexibility index (Phi) is 5.83. The van der Waals surface area contributed by atoms with Crippen LogP contribution in [-0.4, -0.2) is 81.2 Å². The first-order valence-corrected chi connectivity index (χ1v) is 10.8. The predicted octanol–water partition coefficient (Wildman–Crippen LogP) is 1.67. The van der Waals surface area contributed by atoms with Gasteiger partial charge in [0.25, 0.3) is 0 Å². The van der Waals surface area contributed by atoms with E-state index in [1.54, 1.807) is 13.3 Å². The molecule has 1 amide bonds. The Hall–Kier alpha value is -1.73. The van der Waals surface area contributed by atoms with E-state index in [0.717, 1.165) is 57.6 Å². The van der Waals surface area contributed by atoms with Crippen LogP contribution in [-0.2, 0) is 4.79 Å². The van der Waals surface area contributed by atoms with Crippen LogP contribution in [0.1, 0.15) is 51.9 Å². The minimum absolute atomic E-state index is 0.0731. The van der Waals surface area contributed by atoms with Crippen LogP contribution in [0.4, 0.5) is 5.82 Å². The molecule has 7 heteroatoms. The van der Waals surface area contributed by atoms with Gasteiger partial charge in [-0.15, -0.1) is 0 Å². The van der Waals surface area contributed by atoms with Crippen molar-refractivity contribution in [1.82, 2.24) is 19.8 Å². The predicted molar refractivity (Wildman–Crippen MR) is 108 cm³/mol. The van der Waals surface area contributed by atoms with Gasteiger partial charge in [0.15, 0.2) is 0 Å². The first-order chi connectivity index (χ1) is 13.5. The molecule has 3 aliphatic rings. The fraction of sp³-hybridized carbons (Fsp3) is 0.762. The molecular formula is C21H33N5O2. The Bertz CT molecular complexity index is 660. The van der Waals surface area contributed by atoms with E-state index >= 15 is 0 Å². The first-order valence-electron chi connectivity index (χ1n) is 10.8. The molecule has 1 unspecified atom stereocenters. The molecule has 1 N–H and O–H groups in total. The maximum Gasteiger partial charge on any atom is 0.219 e. The van der Waals surface area contributed by atoms with Crippen molar-refractivity contribution in [3.05, 3.63) is 18.6 Å². The van der Waals surface area contributed by atoms with E-state index in [0.29, 0.717) is 25.2 Å². The molecule has 0 aromatic carbocycles. The highest BCUT2D eigenvalue weighted by molar-refractivity contribution is 5.73. The third kappa shape index (κ3) is 4.63. The topological polar surface area (TPSA) is 72.8 Å². The van der Waals surface area contributed by atoms with Crippen LogP contribution in [0.3, 0.4) is 0 Å². The van der Waals surface area contributed by atoms with Crippen molar-refractivity contribution >= 4 is 11.7 Å². The third-order valence-corrected chi connectivity index (χ3v) is 6.49. The second-order valence-electron chi connectivity index (χ2n) is 8.84. The minimum atomic E-state index is -0.780. The number of amides is 1.